The van der Waals surface area contributed by atoms with Crippen molar-refractivity contribution in [3.8, 4) is 0 Å². The van der Waals surface area contributed by atoms with Gasteiger partial charge in [0.25, 0.3) is 0 Å². The number of carbonyl (C=O) groups is 1. The van der Waals surface area contributed by atoms with Gasteiger partial charge in [-0.2, -0.15) is 0 Å². The van der Waals surface area contributed by atoms with Crippen LogP contribution in [-0.4, -0.2) is 11.1 Å². The average molecular weight is 413 g/mol. The van der Waals surface area contributed by atoms with Gasteiger partial charge < -0.3 is 15.7 Å². The third kappa shape index (κ3) is 4.74. The quantitative estimate of drug-likeness (QED) is 0.516. The molecule has 0 fully saturated rings. The number of urea groups is 1. The standard InChI is InChI=1S/C17H14Cl2N2O2S2/c18-12-5-3-10(8-13(12)19)21-17(23)20-9-11-4-6-15(25-11)16(22)14-2-1-7-24-14/h1-8,16,22H,9H2,(H2,20,21,23). The zero-order chi connectivity index (χ0) is 17.8. The molecule has 1 unspecified atom stereocenters. The number of rotatable bonds is 5. The minimum Gasteiger partial charge on any atom is -0.382 e. The number of hydrogen-bond acceptors (Lipinski definition) is 4. The summed E-state index contributed by atoms with van der Waals surface area (Å²) in [5, 5.41) is 18.5. The number of halogens is 2. The summed E-state index contributed by atoms with van der Waals surface area (Å²) in [6, 6.07) is 12.1. The smallest absolute Gasteiger partial charge is 0.319 e. The minimum atomic E-state index is -0.621. The monoisotopic (exact) mass is 412 g/mol. The fourth-order valence-electron chi connectivity index (χ4n) is 2.14. The second-order valence-electron chi connectivity index (χ2n) is 5.16. The molecule has 0 saturated carbocycles. The van der Waals surface area contributed by atoms with E-state index in [-0.39, 0.29) is 6.03 Å². The van der Waals surface area contributed by atoms with Crippen molar-refractivity contribution in [3.63, 3.8) is 0 Å². The van der Waals surface area contributed by atoms with Gasteiger partial charge in [-0.15, -0.1) is 22.7 Å². The highest BCUT2D eigenvalue weighted by Gasteiger charge is 2.14. The van der Waals surface area contributed by atoms with Crippen LogP contribution in [0.25, 0.3) is 0 Å². The number of carbonyl (C=O) groups excluding carboxylic acids is 1. The number of aliphatic hydroxyl groups is 1. The van der Waals surface area contributed by atoms with Crippen molar-refractivity contribution in [3.05, 3.63) is 72.5 Å². The van der Waals surface area contributed by atoms with Crippen LogP contribution in [0.1, 0.15) is 20.7 Å². The number of benzene rings is 1. The summed E-state index contributed by atoms with van der Waals surface area (Å²) in [5.41, 5.74) is 0.562. The van der Waals surface area contributed by atoms with Gasteiger partial charge in [0, 0.05) is 20.3 Å². The average Bonchev–Trinajstić information content (AvgIpc) is 3.27. The molecule has 2 amide bonds. The highest BCUT2D eigenvalue weighted by molar-refractivity contribution is 7.12. The van der Waals surface area contributed by atoms with Gasteiger partial charge in [0.1, 0.15) is 6.10 Å². The Labute approximate surface area is 163 Å². The summed E-state index contributed by atoms with van der Waals surface area (Å²) in [7, 11) is 0. The molecule has 25 heavy (non-hydrogen) atoms. The molecule has 0 saturated heterocycles. The predicted molar refractivity (Wildman–Crippen MR) is 105 cm³/mol. The van der Waals surface area contributed by atoms with Crippen molar-refractivity contribution in [1.29, 1.82) is 0 Å². The Bertz CT molecular complexity index is 865. The lowest BCUT2D eigenvalue weighted by molar-refractivity contribution is 0.228. The summed E-state index contributed by atoms with van der Waals surface area (Å²) in [6.07, 6.45) is -0.621. The van der Waals surface area contributed by atoms with Gasteiger partial charge >= 0.3 is 6.03 Å². The van der Waals surface area contributed by atoms with Crippen LogP contribution in [-0.2, 0) is 6.54 Å². The van der Waals surface area contributed by atoms with E-state index in [2.05, 4.69) is 10.6 Å². The molecule has 0 radical (unpaired) electrons. The first-order chi connectivity index (χ1) is 12.0. The van der Waals surface area contributed by atoms with Crippen LogP contribution in [0.2, 0.25) is 10.0 Å². The van der Waals surface area contributed by atoms with Gasteiger partial charge in [0.2, 0.25) is 0 Å². The van der Waals surface area contributed by atoms with Crippen molar-refractivity contribution in [2.24, 2.45) is 0 Å². The Hall–Kier alpha value is -1.57. The molecule has 0 spiro atoms. The second kappa shape index (κ2) is 8.21. The van der Waals surface area contributed by atoms with Crippen molar-refractivity contribution < 1.29 is 9.90 Å². The fourth-order valence-corrected chi connectivity index (χ4v) is 4.20. The largest absolute Gasteiger partial charge is 0.382 e. The van der Waals surface area contributed by atoms with E-state index in [1.165, 1.54) is 22.7 Å². The van der Waals surface area contributed by atoms with E-state index in [0.29, 0.717) is 22.3 Å². The van der Waals surface area contributed by atoms with Crippen LogP contribution < -0.4 is 10.6 Å². The topological polar surface area (TPSA) is 61.4 Å². The molecule has 8 heteroatoms. The van der Waals surface area contributed by atoms with Crippen molar-refractivity contribution in [1.82, 2.24) is 5.32 Å². The molecule has 3 aromatic rings. The highest BCUT2D eigenvalue weighted by Crippen LogP contribution is 2.31. The van der Waals surface area contributed by atoms with E-state index >= 15 is 0 Å². The molecular formula is C17H14Cl2N2O2S2. The Morgan fingerprint density at radius 2 is 1.96 bits per heavy atom. The lowest BCUT2D eigenvalue weighted by Gasteiger charge is -2.08. The van der Waals surface area contributed by atoms with Gasteiger partial charge in [-0.3, -0.25) is 0 Å². The molecule has 1 aromatic carbocycles. The van der Waals surface area contributed by atoms with E-state index < -0.39 is 6.10 Å². The third-order valence-electron chi connectivity index (χ3n) is 3.37. The van der Waals surface area contributed by atoms with E-state index in [1.807, 2.05) is 29.6 Å². The van der Waals surface area contributed by atoms with E-state index in [1.54, 1.807) is 18.2 Å². The SMILES string of the molecule is O=C(NCc1ccc(C(O)c2cccs2)s1)Nc1ccc(Cl)c(Cl)c1. The Morgan fingerprint density at radius 3 is 2.68 bits per heavy atom. The maximum absolute atomic E-state index is 12.0. The number of anilines is 1. The number of nitrogens with one attached hydrogen (secondary N) is 2. The third-order valence-corrected chi connectivity index (χ3v) is 6.17. The molecule has 0 aliphatic carbocycles. The highest BCUT2D eigenvalue weighted by atomic mass is 35.5. The summed E-state index contributed by atoms with van der Waals surface area (Å²) in [4.78, 5) is 14.7. The fraction of sp³-hybridized carbons (Fsp3) is 0.118. The predicted octanol–water partition coefficient (Wildman–Crippen LogP) is 5.52. The molecule has 0 aliphatic rings. The van der Waals surface area contributed by atoms with Crippen molar-refractivity contribution >= 4 is 57.6 Å². The van der Waals surface area contributed by atoms with Crippen molar-refractivity contribution in [2.75, 3.05) is 5.32 Å². The van der Waals surface area contributed by atoms with Crippen LogP contribution >= 0.6 is 45.9 Å². The molecular weight excluding hydrogens is 399 g/mol. The zero-order valence-corrected chi connectivity index (χ0v) is 16.0. The first-order valence-electron chi connectivity index (χ1n) is 7.33. The summed E-state index contributed by atoms with van der Waals surface area (Å²) < 4.78 is 0. The summed E-state index contributed by atoms with van der Waals surface area (Å²) >= 11 is 14.7. The maximum atomic E-state index is 12.0. The Morgan fingerprint density at radius 1 is 1.12 bits per heavy atom. The van der Waals surface area contributed by atoms with Gasteiger partial charge in [-0.1, -0.05) is 29.3 Å². The van der Waals surface area contributed by atoms with E-state index in [4.69, 9.17) is 23.2 Å². The lowest BCUT2D eigenvalue weighted by atomic mass is 10.2. The summed E-state index contributed by atoms with van der Waals surface area (Å²) in [5.74, 6) is 0. The van der Waals surface area contributed by atoms with Crippen LogP contribution in [0, 0.1) is 0 Å². The Kier molecular flexibility index (Phi) is 5.98. The number of aliphatic hydroxyl groups excluding tert-OH is 1. The van der Waals surface area contributed by atoms with Gasteiger partial charge in [-0.05, 0) is 41.8 Å². The first-order valence-corrected chi connectivity index (χ1v) is 9.78. The zero-order valence-electron chi connectivity index (χ0n) is 12.8. The van der Waals surface area contributed by atoms with Gasteiger partial charge in [0.15, 0.2) is 0 Å². The number of thiophene rings is 2. The molecule has 2 heterocycles. The Balaban J connectivity index is 1.55. The van der Waals surface area contributed by atoms with E-state index in [9.17, 15) is 9.90 Å². The van der Waals surface area contributed by atoms with Crippen molar-refractivity contribution in [2.45, 2.75) is 12.6 Å². The normalized spacial score (nSPS) is 12.0. The minimum absolute atomic E-state index is 0.341. The van der Waals surface area contributed by atoms with Gasteiger partial charge in [0.05, 0.1) is 16.6 Å². The maximum Gasteiger partial charge on any atom is 0.319 e. The van der Waals surface area contributed by atoms with Crippen LogP contribution in [0.3, 0.4) is 0 Å². The van der Waals surface area contributed by atoms with Crippen LogP contribution in [0.4, 0.5) is 10.5 Å². The molecule has 130 valence electrons. The summed E-state index contributed by atoms with van der Waals surface area (Å²) in [6.45, 7) is 0.370. The van der Waals surface area contributed by atoms with Gasteiger partial charge in [-0.25, -0.2) is 4.79 Å². The molecule has 0 aliphatic heterocycles. The van der Waals surface area contributed by atoms with E-state index in [0.717, 1.165) is 14.6 Å². The molecule has 3 N–H and O–H groups in total. The number of amides is 2. The molecule has 4 nitrogen and oxygen atoms in total. The van der Waals surface area contributed by atoms with Crippen LogP contribution in [0.15, 0.2) is 47.8 Å². The lowest BCUT2D eigenvalue weighted by Crippen LogP contribution is -2.27. The first kappa shape index (κ1) is 18.2. The molecule has 2 aromatic heterocycles. The molecule has 3 rings (SSSR count). The van der Waals surface area contributed by atoms with Crippen LogP contribution in [0.5, 0.6) is 0 Å². The molecule has 1 atom stereocenters. The number of hydrogen-bond donors (Lipinski definition) is 3. The molecule has 0 bridgehead atoms. The second-order valence-corrected chi connectivity index (χ2v) is 8.15.